The van der Waals surface area contributed by atoms with Crippen LogP contribution >= 0.6 is 34.7 Å². The number of benzene rings is 2. The lowest BCUT2D eigenvalue weighted by Gasteiger charge is -2.04. The zero-order valence-corrected chi connectivity index (χ0v) is 15.3. The van der Waals surface area contributed by atoms with E-state index in [9.17, 15) is 0 Å². The molecule has 4 nitrogen and oxygen atoms in total. The lowest BCUT2D eigenvalue weighted by molar-refractivity contribution is 0.467. The number of rotatable bonds is 5. The van der Waals surface area contributed by atoms with Crippen LogP contribution in [0, 0.1) is 0 Å². The minimum Gasteiger partial charge on any atom is -0.437 e. The maximum absolute atomic E-state index is 6.00. The average molecular weight is 386 g/mol. The zero-order chi connectivity index (χ0) is 17.1. The van der Waals surface area contributed by atoms with Gasteiger partial charge in [-0.15, -0.1) is 0 Å². The topological polar surface area (TPSA) is 47.9 Å². The molecule has 2 aromatic heterocycles. The van der Waals surface area contributed by atoms with E-state index in [0.29, 0.717) is 22.2 Å². The van der Waals surface area contributed by atoms with E-state index < -0.39 is 0 Å². The number of ether oxygens (including phenoxy) is 1. The molecule has 0 spiro atoms. The third-order valence-corrected chi connectivity index (χ3v) is 5.77. The molecule has 2 aromatic carbocycles. The van der Waals surface area contributed by atoms with Gasteiger partial charge in [0.2, 0.25) is 5.88 Å². The van der Waals surface area contributed by atoms with Gasteiger partial charge in [-0.05, 0) is 23.8 Å². The summed E-state index contributed by atoms with van der Waals surface area (Å²) in [5.74, 6) is 1.92. The highest BCUT2D eigenvalue weighted by Gasteiger charge is 2.13. The van der Waals surface area contributed by atoms with Gasteiger partial charge in [-0.3, -0.25) is 0 Å². The summed E-state index contributed by atoms with van der Waals surface area (Å²) in [5, 5.41) is 0.611. The number of halogens is 1. The molecule has 0 amide bonds. The van der Waals surface area contributed by atoms with Gasteiger partial charge < -0.3 is 4.74 Å². The lowest BCUT2D eigenvalue weighted by Crippen LogP contribution is -1.90. The Morgan fingerprint density at radius 1 is 1.04 bits per heavy atom. The molecule has 0 fully saturated rings. The number of hydrogen-bond acceptors (Lipinski definition) is 6. The summed E-state index contributed by atoms with van der Waals surface area (Å²) in [6, 6.07) is 17.5. The van der Waals surface area contributed by atoms with E-state index in [1.807, 2.05) is 30.3 Å². The van der Waals surface area contributed by atoms with Gasteiger partial charge in [-0.2, -0.15) is 4.98 Å². The monoisotopic (exact) mass is 385 g/mol. The molecule has 0 N–H and O–H groups in total. The third kappa shape index (κ3) is 3.92. The quantitative estimate of drug-likeness (QED) is 0.405. The molecule has 0 unspecified atom stereocenters. The van der Waals surface area contributed by atoms with Crippen LogP contribution in [-0.4, -0.2) is 15.0 Å². The highest BCUT2D eigenvalue weighted by molar-refractivity contribution is 8.00. The number of hydrogen-bond donors (Lipinski definition) is 0. The minimum absolute atomic E-state index is 0.440. The number of aromatic nitrogens is 3. The maximum Gasteiger partial charge on any atom is 0.250 e. The molecule has 0 bridgehead atoms. The summed E-state index contributed by atoms with van der Waals surface area (Å²) in [5.41, 5.74) is 1.93. The number of fused-ring (bicyclic) bond motifs is 1. The Bertz CT molecular complexity index is 1010. The van der Waals surface area contributed by atoms with Crippen molar-refractivity contribution in [1.29, 1.82) is 0 Å². The SMILES string of the molecule is Clc1cccc(Oc2ncnc3sc(SCc4ccccc4)nc23)c1. The van der Waals surface area contributed by atoms with Gasteiger partial charge in [0.15, 0.2) is 14.7 Å². The Labute approximate surface area is 157 Å². The van der Waals surface area contributed by atoms with Crippen molar-refractivity contribution in [2.45, 2.75) is 10.1 Å². The van der Waals surface area contributed by atoms with Crippen LogP contribution in [0.4, 0.5) is 0 Å². The van der Waals surface area contributed by atoms with Crippen molar-refractivity contribution < 1.29 is 4.74 Å². The van der Waals surface area contributed by atoms with Crippen LogP contribution in [0.25, 0.3) is 10.3 Å². The van der Waals surface area contributed by atoms with Crippen molar-refractivity contribution in [1.82, 2.24) is 15.0 Å². The number of thioether (sulfide) groups is 1. The first-order valence-corrected chi connectivity index (χ1v) is 9.67. The summed E-state index contributed by atoms with van der Waals surface area (Å²) in [4.78, 5) is 14.0. The third-order valence-electron chi connectivity index (χ3n) is 3.36. The molecule has 25 heavy (non-hydrogen) atoms. The number of nitrogens with zero attached hydrogens (tertiary/aromatic N) is 3. The second-order valence-corrected chi connectivity index (χ2v) is 7.78. The van der Waals surface area contributed by atoms with E-state index in [1.54, 1.807) is 23.9 Å². The van der Waals surface area contributed by atoms with Crippen molar-refractivity contribution >= 4 is 45.0 Å². The van der Waals surface area contributed by atoms with Crippen molar-refractivity contribution in [3.63, 3.8) is 0 Å². The van der Waals surface area contributed by atoms with Gasteiger partial charge >= 0.3 is 0 Å². The molecule has 0 aliphatic carbocycles. The van der Waals surface area contributed by atoms with Gasteiger partial charge in [-0.25, -0.2) is 9.97 Å². The van der Waals surface area contributed by atoms with Crippen LogP contribution in [0.15, 0.2) is 65.3 Å². The van der Waals surface area contributed by atoms with E-state index in [1.165, 1.54) is 23.2 Å². The molecular weight excluding hydrogens is 374 g/mol. The standard InChI is InChI=1S/C18H12ClN3OS2/c19-13-7-4-8-14(9-13)23-16-15-17(21-11-20-16)25-18(22-15)24-10-12-5-2-1-3-6-12/h1-9,11H,10H2. The molecule has 0 radical (unpaired) electrons. The maximum atomic E-state index is 6.00. The zero-order valence-electron chi connectivity index (χ0n) is 12.9. The molecule has 0 aliphatic rings. The predicted molar refractivity (Wildman–Crippen MR) is 103 cm³/mol. The average Bonchev–Trinajstić information content (AvgIpc) is 3.05. The molecule has 0 saturated carbocycles. The Morgan fingerprint density at radius 3 is 2.76 bits per heavy atom. The Hall–Kier alpha value is -2.15. The fraction of sp³-hybridized carbons (Fsp3) is 0.0556. The predicted octanol–water partition coefficient (Wildman–Crippen LogP) is 5.82. The molecule has 0 atom stereocenters. The fourth-order valence-corrected chi connectivity index (χ4v) is 4.31. The van der Waals surface area contributed by atoms with Crippen molar-refractivity contribution in [2.24, 2.45) is 0 Å². The fourth-order valence-electron chi connectivity index (χ4n) is 2.21. The van der Waals surface area contributed by atoms with Crippen LogP contribution in [0.2, 0.25) is 5.02 Å². The normalized spacial score (nSPS) is 10.9. The van der Waals surface area contributed by atoms with E-state index >= 15 is 0 Å². The van der Waals surface area contributed by atoms with Crippen LogP contribution in [0.3, 0.4) is 0 Å². The first-order valence-electron chi connectivity index (χ1n) is 7.49. The smallest absolute Gasteiger partial charge is 0.250 e. The second-order valence-electron chi connectivity index (χ2n) is 5.15. The minimum atomic E-state index is 0.440. The van der Waals surface area contributed by atoms with Gasteiger partial charge in [0, 0.05) is 10.8 Å². The van der Waals surface area contributed by atoms with Crippen LogP contribution in [0.5, 0.6) is 11.6 Å². The molecule has 4 rings (SSSR count). The van der Waals surface area contributed by atoms with Crippen LogP contribution in [0.1, 0.15) is 5.56 Å². The van der Waals surface area contributed by atoms with Crippen molar-refractivity contribution in [2.75, 3.05) is 0 Å². The first-order chi connectivity index (χ1) is 12.3. The summed E-state index contributed by atoms with van der Waals surface area (Å²) >= 11 is 9.22. The van der Waals surface area contributed by atoms with Gasteiger partial charge in [0.1, 0.15) is 12.1 Å². The van der Waals surface area contributed by atoms with E-state index in [0.717, 1.165) is 14.9 Å². The molecule has 0 aliphatic heterocycles. The first kappa shape index (κ1) is 16.3. The molecular formula is C18H12ClN3OS2. The van der Waals surface area contributed by atoms with Crippen LogP contribution in [-0.2, 0) is 5.75 Å². The summed E-state index contributed by atoms with van der Waals surface area (Å²) in [6.45, 7) is 0. The van der Waals surface area contributed by atoms with Crippen LogP contribution < -0.4 is 4.74 Å². The van der Waals surface area contributed by atoms with E-state index in [-0.39, 0.29) is 0 Å². The molecule has 4 aromatic rings. The van der Waals surface area contributed by atoms with Gasteiger partial charge in [0.25, 0.3) is 0 Å². The highest BCUT2D eigenvalue weighted by atomic mass is 35.5. The Kier molecular flexibility index (Phi) is 4.83. The van der Waals surface area contributed by atoms with Gasteiger partial charge in [-0.1, -0.05) is 71.1 Å². The Morgan fingerprint density at radius 2 is 1.92 bits per heavy atom. The molecule has 0 saturated heterocycles. The largest absolute Gasteiger partial charge is 0.437 e. The highest BCUT2D eigenvalue weighted by Crippen LogP contribution is 2.35. The van der Waals surface area contributed by atoms with E-state index in [4.69, 9.17) is 16.3 Å². The molecule has 124 valence electrons. The summed E-state index contributed by atoms with van der Waals surface area (Å²) < 4.78 is 6.79. The summed E-state index contributed by atoms with van der Waals surface area (Å²) in [7, 11) is 0. The second kappa shape index (κ2) is 7.39. The van der Waals surface area contributed by atoms with Crippen molar-refractivity contribution in [3.8, 4) is 11.6 Å². The lowest BCUT2D eigenvalue weighted by atomic mass is 10.2. The van der Waals surface area contributed by atoms with Crippen molar-refractivity contribution in [3.05, 3.63) is 71.5 Å². The molecule has 7 heteroatoms. The Balaban J connectivity index is 1.58. The van der Waals surface area contributed by atoms with E-state index in [2.05, 4.69) is 27.1 Å². The molecule has 2 heterocycles. The van der Waals surface area contributed by atoms with Gasteiger partial charge in [0.05, 0.1) is 0 Å². The summed E-state index contributed by atoms with van der Waals surface area (Å²) in [6.07, 6.45) is 1.49. The number of thiazole rings is 1.